The summed E-state index contributed by atoms with van der Waals surface area (Å²) in [6, 6.07) is 13.7. The van der Waals surface area contributed by atoms with Crippen LogP contribution in [0.5, 0.6) is 0 Å². The van der Waals surface area contributed by atoms with Gasteiger partial charge in [-0.2, -0.15) is 0 Å². The van der Waals surface area contributed by atoms with Crippen molar-refractivity contribution in [1.29, 1.82) is 0 Å². The molecule has 2 aliphatic heterocycles. The van der Waals surface area contributed by atoms with E-state index in [2.05, 4.69) is 76.4 Å². The molecule has 1 spiro atoms. The number of nitrogens with one attached hydrogen (secondary N) is 2. The zero-order chi connectivity index (χ0) is 25.6. The molecule has 0 saturated carbocycles. The third-order valence-electron chi connectivity index (χ3n) is 8.31. The highest BCUT2D eigenvalue weighted by molar-refractivity contribution is 7.09. The number of likely N-dealkylation sites (tertiary alicyclic amines) is 2. The quantitative estimate of drug-likeness (QED) is 0.293. The number of hydrogen-bond donors (Lipinski definition) is 2. The molecular weight excluding hydrogens is 490 g/mol. The Labute approximate surface area is 229 Å². The molecule has 0 atom stereocenters. The first-order chi connectivity index (χ1) is 18.7. The second-order valence-electron chi connectivity index (χ2n) is 11.2. The van der Waals surface area contributed by atoms with E-state index in [0.717, 1.165) is 44.4 Å². The number of aromatic nitrogens is 4. The van der Waals surface area contributed by atoms with Crippen molar-refractivity contribution in [3.05, 3.63) is 94.2 Å². The first-order valence-electron chi connectivity index (χ1n) is 14.0. The minimum Gasteiger partial charge on any atom is -0.348 e. The Morgan fingerprint density at radius 3 is 2.13 bits per heavy atom. The Bertz CT molecular complexity index is 1170. The zero-order valence-corrected chi connectivity index (χ0v) is 23.0. The van der Waals surface area contributed by atoms with Crippen LogP contribution in [-0.4, -0.2) is 60.8 Å². The molecule has 6 rings (SSSR count). The number of piperidine rings is 2. The summed E-state index contributed by atoms with van der Waals surface area (Å²) in [5, 5.41) is 2.21. The van der Waals surface area contributed by atoms with Gasteiger partial charge in [0.2, 0.25) is 0 Å². The van der Waals surface area contributed by atoms with Crippen LogP contribution in [0.4, 0.5) is 0 Å². The maximum Gasteiger partial charge on any atom is 0.120 e. The van der Waals surface area contributed by atoms with Gasteiger partial charge in [0, 0.05) is 55.8 Å². The Hall–Kier alpha value is -2.78. The van der Waals surface area contributed by atoms with E-state index in [1.54, 1.807) is 0 Å². The van der Waals surface area contributed by atoms with Crippen LogP contribution in [0.15, 0.2) is 66.6 Å². The Balaban J connectivity index is 1.01. The van der Waals surface area contributed by atoms with Gasteiger partial charge in [-0.25, -0.2) is 9.97 Å². The second-order valence-corrected chi connectivity index (χ2v) is 12.2. The van der Waals surface area contributed by atoms with Crippen LogP contribution < -0.4 is 0 Å². The molecule has 3 aromatic heterocycles. The van der Waals surface area contributed by atoms with Gasteiger partial charge in [0.25, 0.3) is 0 Å². The van der Waals surface area contributed by atoms with Crippen LogP contribution in [0.25, 0.3) is 0 Å². The van der Waals surface area contributed by atoms with Gasteiger partial charge in [-0.1, -0.05) is 30.3 Å². The Morgan fingerprint density at radius 1 is 0.789 bits per heavy atom. The molecule has 5 heterocycles. The van der Waals surface area contributed by atoms with Crippen molar-refractivity contribution in [2.45, 2.75) is 58.4 Å². The number of thiophene rings is 1. The predicted octanol–water partition coefficient (Wildman–Crippen LogP) is 5.27. The number of hydrogen-bond acceptors (Lipinski definition) is 6. The molecule has 2 saturated heterocycles. The summed E-state index contributed by atoms with van der Waals surface area (Å²) in [5.41, 5.74) is 3.26. The molecule has 0 bridgehead atoms. The van der Waals surface area contributed by atoms with E-state index in [0.29, 0.717) is 5.41 Å². The summed E-state index contributed by atoms with van der Waals surface area (Å²) in [5.74, 6) is 1.95. The van der Waals surface area contributed by atoms with Gasteiger partial charge >= 0.3 is 0 Å². The topological polar surface area (TPSA) is 67.1 Å². The maximum absolute atomic E-state index is 4.42. The SMILES string of the molecule is c1csc(CN2CCCC3(CCN(Cc4ccc(CN(Cc5ncc[nH]5)Cc5ncc[nH]5)cc4)CC3)C2)c1. The average molecular weight is 530 g/mol. The van der Waals surface area contributed by atoms with Gasteiger partial charge in [0.05, 0.1) is 13.1 Å². The molecule has 2 fully saturated rings. The lowest BCUT2D eigenvalue weighted by atomic mass is 9.72. The molecule has 2 aliphatic rings. The molecule has 0 unspecified atom stereocenters. The highest BCUT2D eigenvalue weighted by Crippen LogP contribution is 2.40. The molecule has 38 heavy (non-hydrogen) atoms. The standard InChI is InChI=1S/C30H39N7S/c1-3-27(38-18-1)21-36-15-2-8-30(24-36)9-16-35(17-10-30)19-25-4-6-26(7-5-25)20-37(22-28-31-11-12-32-28)23-29-33-13-14-34-29/h1,3-7,11-14,18H,2,8-10,15-17,19-24H2,(H,31,32)(H,33,34). The van der Waals surface area contributed by atoms with Crippen molar-refractivity contribution in [2.75, 3.05) is 26.2 Å². The summed E-state index contributed by atoms with van der Waals surface area (Å²) in [6.07, 6.45) is 12.8. The fourth-order valence-electron chi connectivity index (χ4n) is 6.29. The molecular formula is C30H39N7S. The molecule has 2 N–H and O–H groups in total. The van der Waals surface area contributed by atoms with Gasteiger partial charge < -0.3 is 9.97 Å². The molecule has 0 radical (unpaired) electrons. The van der Waals surface area contributed by atoms with Crippen LogP contribution >= 0.6 is 11.3 Å². The lowest BCUT2D eigenvalue weighted by Crippen LogP contribution is -2.49. The Morgan fingerprint density at radius 2 is 1.50 bits per heavy atom. The fraction of sp³-hybridized carbons (Fsp3) is 0.467. The normalized spacial score (nSPS) is 18.4. The van der Waals surface area contributed by atoms with E-state index in [1.165, 1.54) is 67.9 Å². The van der Waals surface area contributed by atoms with Gasteiger partial charge in [-0.15, -0.1) is 11.3 Å². The molecule has 7 nitrogen and oxygen atoms in total. The summed E-state index contributed by atoms with van der Waals surface area (Å²) >= 11 is 1.90. The molecule has 1 aromatic carbocycles. The minimum atomic E-state index is 0.529. The predicted molar refractivity (Wildman–Crippen MR) is 152 cm³/mol. The molecule has 0 aliphatic carbocycles. The minimum absolute atomic E-state index is 0.529. The number of benzene rings is 1. The third kappa shape index (κ3) is 6.61. The number of nitrogens with zero attached hydrogens (tertiary/aromatic N) is 5. The van der Waals surface area contributed by atoms with Crippen LogP contribution in [-0.2, 0) is 32.7 Å². The smallest absolute Gasteiger partial charge is 0.120 e. The lowest BCUT2D eigenvalue weighted by molar-refractivity contribution is 0.0189. The summed E-state index contributed by atoms with van der Waals surface area (Å²) in [6.45, 7) is 9.54. The molecule has 200 valence electrons. The van der Waals surface area contributed by atoms with Gasteiger partial charge in [0.1, 0.15) is 11.6 Å². The summed E-state index contributed by atoms with van der Waals surface area (Å²) in [4.78, 5) is 24.6. The maximum atomic E-state index is 4.42. The second kappa shape index (κ2) is 11.9. The highest BCUT2D eigenvalue weighted by atomic mass is 32.1. The molecule has 0 amide bonds. The van der Waals surface area contributed by atoms with E-state index < -0.39 is 0 Å². The van der Waals surface area contributed by atoms with Crippen LogP contribution in [0.1, 0.15) is 53.3 Å². The van der Waals surface area contributed by atoms with Crippen LogP contribution in [0.3, 0.4) is 0 Å². The van der Waals surface area contributed by atoms with Crippen LogP contribution in [0.2, 0.25) is 0 Å². The lowest BCUT2D eigenvalue weighted by Gasteiger charge is -2.47. The fourth-order valence-corrected chi connectivity index (χ4v) is 7.03. The van der Waals surface area contributed by atoms with Crippen LogP contribution in [0, 0.1) is 5.41 Å². The highest BCUT2D eigenvalue weighted by Gasteiger charge is 2.38. The number of imidazole rings is 2. The first-order valence-corrected chi connectivity index (χ1v) is 14.8. The third-order valence-corrected chi connectivity index (χ3v) is 9.17. The van der Waals surface area contributed by atoms with Crippen molar-refractivity contribution < 1.29 is 0 Å². The van der Waals surface area contributed by atoms with E-state index in [9.17, 15) is 0 Å². The molecule has 4 aromatic rings. The van der Waals surface area contributed by atoms with E-state index in [1.807, 2.05) is 36.1 Å². The summed E-state index contributed by atoms with van der Waals surface area (Å²) < 4.78 is 0. The van der Waals surface area contributed by atoms with Gasteiger partial charge in [-0.05, 0) is 73.3 Å². The zero-order valence-electron chi connectivity index (χ0n) is 22.2. The van der Waals surface area contributed by atoms with E-state index >= 15 is 0 Å². The number of H-pyrrole nitrogens is 2. The number of aromatic amines is 2. The van der Waals surface area contributed by atoms with E-state index in [-0.39, 0.29) is 0 Å². The first kappa shape index (κ1) is 25.5. The van der Waals surface area contributed by atoms with Crippen molar-refractivity contribution in [1.82, 2.24) is 34.6 Å². The average Bonchev–Trinajstić information content (AvgIpc) is 3.72. The van der Waals surface area contributed by atoms with Crippen molar-refractivity contribution in [3.8, 4) is 0 Å². The Kier molecular flexibility index (Phi) is 8.02. The van der Waals surface area contributed by atoms with Crippen molar-refractivity contribution in [3.63, 3.8) is 0 Å². The van der Waals surface area contributed by atoms with E-state index in [4.69, 9.17) is 0 Å². The largest absolute Gasteiger partial charge is 0.348 e. The van der Waals surface area contributed by atoms with Gasteiger partial charge in [0.15, 0.2) is 0 Å². The molecule has 8 heteroatoms. The van der Waals surface area contributed by atoms with Crippen molar-refractivity contribution >= 4 is 11.3 Å². The monoisotopic (exact) mass is 529 g/mol. The number of rotatable bonds is 10. The van der Waals surface area contributed by atoms with Crippen molar-refractivity contribution in [2.24, 2.45) is 5.41 Å². The van der Waals surface area contributed by atoms with Gasteiger partial charge in [-0.3, -0.25) is 14.7 Å². The summed E-state index contributed by atoms with van der Waals surface area (Å²) in [7, 11) is 0.